The highest BCUT2D eigenvalue weighted by Crippen LogP contribution is 2.38. The van der Waals surface area contributed by atoms with Gasteiger partial charge < -0.3 is 21.1 Å². The maximum atomic E-state index is 14.3. The van der Waals surface area contributed by atoms with Crippen LogP contribution in [-0.2, 0) is 9.53 Å². The van der Waals surface area contributed by atoms with Crippen molar-refractivity contribution < 1.29 is 13.9 Å². The van der Waals surface area contributed by atoms with Crippen LogP contribution < -0.4 is 16.4 Å². The van der Waals surface area contributed by atoms with E-state index < -0.39 is 5.82 Å². The van der Waals surface area contributed by atoms with Crippen molar-refractivity contribution in [1.82, 2.24) is 19.5 Å². The maximum Gasteiger partial charge on any atom is 0.224 e. The van der Waals surface area contributed by atoms with Gasteiger partial charge in [-0.1, -0.05) is 23.2 Å². The molecule has 2 aliphatic rings. The molecule has 1 aromatic carbocycles. The molecule has 9 nitrogen and oxygen atoms in total. The van der Waals surface area contributed by atoms with Gasteiger partial charge in [0.2, 0.25) is 17.8 Å². The third kappa shape index (κ3) is 5.00. The summed E-state index contributed by atoms with van der Waals surface area (Å²) in [6, 6.07) is 3.29. The molecule has 1 saturated carbocycles. The Kier molecular flexibility index (Phi) is 6.95. The minimum atomic E-state index is -0.703. The van der Waals surface area contributed by atoms with Crippen LogP contribution in [0.4, 0.5) is 22.0 Å². The van der Waals surface area contributed by atoms with Crippen molar-refractivity contribution in [3.63, 3.8) is 0 Å². The van der Waals surface area contributed by atoms with Crippen molar-refractivity contribution in [3.05, 3.63) is 34.2 Å². The normalized spacial score (nSPS) is 21.2. The largest absolute Gasteiger partial charge is 0.381 e. The molecule has 0 spiro atoms. The number of fused-ring (bicyclic) bond motifs is 1. The van der Waals surface area contributed by atoms with E-state index in [-0.39, 0.29) is 34.0 Å². The number of imidazole rings is 1. The van der Waals surface area contributed by atoms with Gasteiger partial charge in [0.1, 0.15) is 10.5 Å². The van der Waals surface area contributed by atoms with Crippen LogP contribution in [0.1, 0.15) is 44.6 Å². The molecule has 186 valence electrons. The number of halogens is 3. The number of rotatable bonds is 6. The zero-order valence-electron chi connectivity index (χ0n) is 18.9. The molecule has 1 aliphatic carbocycles. The maximum absolute atomic E-state index is 14.3. The van der Waals surface area contributed by atoms with Crippen molar-refractivity contribution in [2.24, 2.45) is 11.7 Å². The lowest BCUT2D eigenvalue weighted by Gasteiger charge is -2.29. The number of aromatic nitrogens is 4. The molecular formula is C23H26Cl2FN7O2. The Hall–Kier alpha value is -2.69. The summed E-state index contributed by atoms with van der Waals surface area (Å²) >= 11 is 12.1. The van der Waals surface area contributed by atoms with Crippen LogP contribution in [0, 0.1) is 11.7 Å². The minimum absolute atomic E-state index is 0.0138. The summed E-state index contributed by atoms with van der Waals surface area (Å²) in [6.07, 6.45) is 6.23. The Bertz CT molecular complexity index is 1240. The summed E-state index contributed by atoms with van der Waals surface area (Å²) in [4.78, 5) is 25.6. The zero-order valence-corrected chi connectivity index (χ0v) is 20.4. The molecule has 0 radical (unpaired) electrons. The Labute approximate surface area is 211 Å². The Morgan fingerprint density at radius 3 is 2.57 bits per heavy atom. The summed E-state index contributed by atoms with van der Waals surface area (Å²) in [6.45, 7) is 1.40. The molecule has 0 bridgehead atoms. The van der Waals surface area contributed by atoms with Gasteiger partial charge in [-0.2, -0.15) is 4.98 Å². The van der Waals surface area contributed by atoms with Crippen LogP contribution in [0.15, 0.2) is 18.3 Å². The predicted octanol–water partition coefficient (Wildman–Crippen LogP) is 4.82. The van der Waals surface area contributed by atoms with Gasteiger partial charge in [0.25, 0.3) is 0 Å². The molecule has 5 rings (SSSR count). The average Bonchev–Trinajstić information content (AvgIpc) is 3.22. The molecule has 1 saturated heterocycles. The summed E-state index contributed by atoms with van der Waals surface area (Å²) in [5, 5.41) is 6.37. The minimum Gasteiger partial charge on any atom is -0.381 e. The van der Waals surface area contributed by atoms with Gasteiger partial charge in [-0.25, -0.2) is 14.4 Å². The zero-order chi connectivity index (χ0) is 24.5. The van der Waals surface area contributed by atoms with Crippen molar-refractivity contribution in [3.8, 4) is 0 Å². The third-order valence-corrected chi connectivity index (χ3v) is 7.39. The molecule has 4 N–H and O–H groups in total. The van der Waals surface area contributed by atoms with Gasteiger partial charge >= 0.3 is 0 Å². The number of hydrogen-bond acceptors (Lipinski definition) is 7. The molecule has 1 amide bonds. The fourth-order valence-electron chi connectivity index (χ4n) is 4.78. The summed E-state index contributed by atoms with van der Waals surface area (Å²) in [7, 11) is 0. The molecule has 0 atom stereocenters. The topological polar surface area (TPSA) is 120 Å². The summed E-state index contributed by atoms with van der Waals surface area (Å²) in [5.41, 5.74) is 7.11. The number of amides is 1. The van der Waals surface area contributed by atoms with E-state index in [1.165, 1.54) is 6.07 Å². The lowest BCUT2D eigenvalue weighted by molar-refractivity contribution is -0.122. The number of nitrogens with one attached hydrogen (secondary N) is 2. The summed E-state index contributed by atoms with van der Waals surface area (Å²) < 4.78 is 21.8. The van der Waals surface area contributed by atoms with E-state index in [1.807, 2.05) is 4.57 Å². The highest BCUT2D eigenvalue weighted by Gasteiger charge is 2.29. The molecule has 1 aliphatic heterocycles. The van der Waals surface area contributed by atoms with Crippen LogP contribution >= 0.6 is 23.2 Å². The van der Waals surface area contributed by atoms with Crippen LogP contribution in [0.5, 0.6) is 0 Å². The van der Waals surface area contributed by atoms with E-state index in [0.717, 1.165) is 25.7 Å². The first-order valence-corrected chi connectivity index (χ1v) is 12.5. The Morgan fingerprint density at radius 1 is 1.11 bits per heavy atom. The number of carbonyl (C=O) groups excluding carboxylic acids is 1. The molecule has 12 heteroatoms. The fraction of sp³-hybridized carbons (Fsp3) is 0.478. The van der Waals surface area contributed by atoms with E-state index in [4.69, 9.17) is 43.6 Å². The van der Waals surface area contributed by atoms with Gasteiger partial charge in [-0.3, -0.25) is 9.36 Å². The molecule has 35 heavy (non-hydrogen) atoms. The van der Waals surface area contributed by atoms with Crippen molar-refractivity contribution in [2.45, 2.75) is 50.6 Å². The van der Waals surface area contributed by atoms with Crippen LogP contribution in [-0.4, -0.2) is 44.7 Å². The number of anilines is 3. The molecule has 0 unspecified atom stereocenters. The SMILES string of the molecule is NC(=O)[C@H]1CC[C@@H](n2c(Nc3ccc(Cl)c(F)c3Cl)nc3cnc(NC4CCOCC4)nc32)CC1. The second-order valence-electron chi connectivity index (χ2n) is 8.99. The van der Waals surface area contributed by atoms with E-state index in [9.17, 15) is 9.18 Å². The smallest absolute Gasteiger partial charge is 0.224 e. The van der Waals surface area contributed by atoms with Gasteiger partial charge in [0.15, 0.2) is 11.5 Å². The van der Waals surface area contributed by atoms with E-state index in [2.05, 4.69) is 15.6 Å². The number of hydrogen-bond donors (Lipinski definition) is 3. The number of benzene rings is 1. The van der Waals surface area contributed by atoms with Gasteiger partial charge in [-0.15, -0.1) is 0 Å². The lowest BCUT2D eigenvalue weighted by atomic mass is 9.85. The average molecular weight is 522 g/mol. The van der Waals surface area contributed by atoms with Crippen molar-refractivity contribution in [1.29, 1.82) is 0 Å². The van der Waals surface area contributed by atoms with E-state index in [0.29, 0.717) is 54.8 Å². The number of carbonyl (C=O) groups is 1. The van der Waals surface area contributed by atoms with E-state index >= 15 is 0 Å². The van der Waals surface area contributed by atoms with Crippen molar-refractivity contribution in [2.75, 3.05) is 23.8 Å². The van der Waals surface area contributed by atoms with Gasteiger partial charge in [0, 0.05) is 31.2 Å². The second-order valence-corrected chi connectivity index (χ2v) is 9.78. The first kappa shape index (κ1) is 24.0. The first-order valence-electron chi connectivity index (χ1n) is 11.7. The summed E-state index contributed by atoms with van der Waals surface area (Å²) in [5.74, 6) is -0.142. The molecule has 2 fully saturated rings. The van der Waals surface area contributed by atoms with Crippen LogP contribution in [0.3, 0.4) is 0 Å². The quantitative estimate of drug-likeness (QED) is 0.397. The highest BCUT2D eigenvalue weighted by molar-refractivity contribution is 6.36. The molecular weight excluding hydrogens is 496 g/mol. The van der Waals surface area contributed by atoms with Crippen LogP contribution in [0.25, 0.3) is 11.2 Å². The molecule has 2 aromatic heterocycles. The fourth-order valence-corrected chi connectivity index (χ4v) is 5.20. The highest BCUT2D eigenvalue weighted by atomic mass is 35.5. The van der Waals surface area contributed by atoms with E-state index in [1.54, 1.807) is 12.3 Å². The molecule has 3 heterocycles. The first-order chi connectivity index (χ1) is 16.9. The number of nitrogens with zero attached hydrogens (tertiary/aromatic N) is 4. The van der Waals surface area contributed by atoms with Gasteiger partial charge in [0.05, 0.1) is 16.9 Å². The lowest BCUT2D eigenvalue weighted by Crippen LogP contribution is -2.29. The predicted molar refractivity (Wildman–Crippen MR) is 133 cm³/mol. The second kappa shape index (κ2) is 10.1. The van der Waals surface area contributed by atoms with Crippen LogP contribution in [0.2, 0.25) is 10.0 Å². The number of primary amides is 1. The number of ether oxygens (including phenoxy) is 1. The van der Waals surface area contributed by atoms with Gasteiger partial charge in [-0.05, 0) is 50.7 Å². The number of nitrogens with two attached hydrogens (primary N) is 1. The Morgan fingerprint density at radius 2 is 1.86 bits per heavy atom. The monoisotopic (exact) mass is 521 g/mol. The molecule has 3 aromatic rings. The third-order valence-electron chi connectivity index (χ3n) is 6.73. The Balaban J connectivity index is 1.51. The van der Waals surface area contributed by atoms with Crippen molar-refractivity contribution >= 4 is 57.9 Å². The standard InChI is InChI=1S/C23H26Cl2FN7O2/c24-15-5-6-16(18(25)19(15)26)30-23-31-17-11-28-22(29-13-7-9-35-10-8-13)32-21(17)33(23)14-3-1-12(2-4-14)20(27)34/h5-6,11-14H,1-4,7-10H2,(H2,27,34)(H,30,31)(H,28,29,32)/t12-,14+.